The lowest BCUT2D eigenvalue weighted by molar-refractivity contribution is -0.131. The number of likely N-dealkylation sites (N-methyl/N-ethyl adjacent to an activating group) is 2. The number of hydrogen-bond acceptors (Lipinski definition) is 4. The molecule has 1 amide bonds. The molecule has 1 N–H and O–H groups in total. The Balaban J connectivity index is 1.57. The molecular weight excluding hydrogens is 481 g/mol. The number of phenolic OH excluding ortho intramolecular Hbond substituents is 1. The minimum Gasteiger partial charge on any atom is -0.508 e. The van der Waals surface area contributed by atoms with Crippen molar-refractivity contribution in [1.82, 2.24) is 9.80 Å². The van der Waals surface area contributed by atoms with Crippen molar-refractivity contribution in [3.8, 4) is 16.9 Å². The van der Waals surface area contributed by atoms with Crippen LogP contribution in [0, 0.1) is 0 Å². The highest BCUT2D eigenvalue weighted by Crippen LogP contribution is 2.30. The van der Waals surface area contributed by atoms with Gasteiger partial charge in [0.2, 0.25) is 5.91 Å². The second-order valence-electron chi connectivity index (χ2n) is 9.15. The average Bonchev–Trinajstić information content (AvgIpc) is 3.37. The Bertz CT molecular complexity index is 1160. The van der Waals surface area contributed by atoms with Crippen molar-refractivity contribution < 1.29 is 9.90 Å². The van der Waals surface area contributed by atoms with Gasteiger partial charge in [-0.2, -0.15) is 0 Å². The van der Waals surface area contributed by atoms with Gasteiger partial charge >= 0.3 is 0 Å². The zero-order valence-electron chi connectivity index (χ0n) is 20.1. The summed E-state index contributed by atoms with van der Waals surface area (Å²) in [6.45, 7) is 3.12. The van der Waals surface area contributed by atoms with Crippen LogP contribution in [0.25, 0.3) is 11.1 Å². The van der Waals surface area contributed by atoms with Gasteiger partial charge in [0.1, 0.15) is 5.75 Å². The fraction of sp³-hybridized carbons (Fsp3) is 0.321. The minimum atomic E-state index is -0.0835. The van der Waals surface area contributed by atoms with Crippen molar-refractivity contribution in [3.63, 3.8) is 0 Å². The predicted octanol–water partition coefficient (Wildman–Crippen LogP) is 6.10. The van der Waals surface area contributed by atoms with Crippen molar-refractivity contribution >= 4 is 34.8 Å². The fourth-order valence-electron chi connectivity index (χ4n) is 4.54. The summed E-state index contributed by atoms with van der Waals surface area (Å²) in [5.41, 5.74) is 4.02. The van der Waals surface area contributed by atoms with E-state index >= 15 is 0 Å². The first-order valence-electron chi connectivity index (χ1n) is 11.9. The lowest BCUT2D eigenvalue weighted by atomic mass is 9.98. The molecule has 0 radical (unpaired) electrons. The monoisotopic (exact) mass is 511 g/mol. The number of likely N-dealkylation sites (tertiary alicyclic amines) is 1. The van der Waals surface area contributed by atoms with E-state index in [9.17, 15) is 9.90 Å². The van der Waals surface area contributed by atoms with Gasteiger partial charge in [-0.05, 0) is 79.0 Å². The lowest BCUT2D eigenvalue weighted by Crippen LogP contribution is -2.42. The summed E-state index contributed by atoms with van der Waals surface area (Å²) in [5.74, 6) is 0.269. The van der Waals surface area contributed by atoms with Crippen LogP contribution < -0.4 is 4.90 Å². The molecule has 5 nitrogen and oxygen atoms in total. The highest BCUT2D eigenvalue weighted by Gasteiger charge is 2.26. The van der Waals surface area contributed by atoms with Gasteiger partial charge in [0, 0.05) is 26.3 Å². The first-order chi connectivity index (χ1) is 16.8. The van der Waals surface area contributed by atoms with Crippen LogP contribution in [-0.4, -0.2) is 61.1 Å². The second kappa shape index (κ2) is 11.3. The Kier molecular flexibility index (Phi) is 8.22. The van der Waals surface area contributed by atoms with Gasteiger partial charge in [0.15, 0.2) is 0 Å². The molecule has 1 heterocycles. The number of aromatic hydroxyl groups is 1. The Morgan fingerprint density at radius 3 is 2.34 bits per heavy atom. The number of carbonyl (C=O) groups is 1. The molecule has 0 bridgehead atoms. The van der Waals surface area contributed by atoms with E-state index in [4.69, 9.17) is 23.2 Å². The van der Waals surface area contributed by atoms with Crippen LogP contribution >= 0.6 is 23.2 Å². The summed E-state index contributed by atoms with van der Waals surface area (Å²) in [5, 5.41) is 10.6. The third-order valence-corrected chi connectivity index (χ3v) is 7.42. The molecule has 0 saturated carbocycles. The number of rotatable bonds is 8. The predicted molar refractivity (Wildman–Crippen MR) is 144 cm³/mol. The van der Waals surface area contributed by atoms with E-state index in [0.717, 1.165) is 42.0 Å². The molecule has 1 aliphatic heterocycles. The molecule has 0 aromatic heterocycles. The van der Waals surface area contributed by atoms with E-state index in [0.29, 0.717) is 10.0 Å². The first kappa shape index (κ1) is 25.4. The molecule has 7 heteroatoms. The molecule has 0 aliphatic carbocycles. The number of halogens is 2. The van der Waals surface area contributed by atoms with E-state index < -0.39 is 0 Å². The van der Waals surface area contributed by atoms with Gasteiger partial charge in [-0.25, -0.2) is 0 Å². The number of carbonyl (C=O) groups excluding carboxylic acids is 1. The zero-order valence-corrected chi connectivity index (χ0v) is 21.6. The molecule has 35 heavy (non-hydrogen) atoms. The van der Waals surface area contributed by atoms with Crippen LogP contribution in [0.15, 0.2) is 66.7 Å². The van der Waals surface area contributed by atoms with Crippen LogP contribution in [0.4, 0.5) is 5.69 Å². The molecule has 1 fully saturated rings. The van der Waals surface area contributed by atoms with Crippen molar-refractivity contribution in [3.05, 3.63) is 82.3 Å². The van der Waals surface area contributed by atoms with Crippen LogP contribution in [0.3, 0.4) is 0 Å². The van der Waals surface area contributed by atoms with Crippen LogP contribution in [0.1, 0.15) is 24.4 Å². The molecule has 184 valence electrons. The molecule has 1 aliphatic rings. The van der Waals surface area contributed by atoms with Crippen molar-refractivity contribution in [2.45, 2.75) is 18.9 Å². The van der Waals surface area contributed by atoms with Crippen molar-refractivity contribution in [2.24, 2.45) is 0 Å². The topological polar surface area (TPSA) is 47.0 Å². The summed E-state index contributed by atoms with van der Waals surface area (Å²) in [7, 11) is 3.77. The smallest absolute Gasteiger partial charge is 0.242 e. The van der Waals surface area contributed by atoms with E-state index in [-0.39, 0.29) is 24.2 Å². The number of phenols is 1. The van der Waals surface area contributed by atoms with Gasteiger partial charge in [-0.1, -0.05) is 53.5 Å². The van der Waals surface area contributed by atoms with E-state index in [1.54, 1.807) is 24.3 Å². The fourth-order valence-corrected chi connectivity index (χ4v) is 4.83. The highest BCUT2D eigenvalue weighted by molar-refractivity contribution is 6.42. The molecule has 4 rings (SSSR count). The number of benzene rings is 3. The molecule has 0 spiro atoms. The summed E-state index contributed by atoms with van der Waals surface area (Å²) in [6, 6.07) is 20.8. The third kappa shape index (κ3) is 6.29. The Labute approximate surface area is 217 Å². The third-order valence-electron chi connectivity index (χ3n) is 6.68. The van der Waals surface area contributed by atoms with E-state index in [1.165, 1.54) is 12.8 Å². The summed E-state index contributed by atoms with van der Waals surface area (Å²) >= 11 is 12.2. The van der Waals surface area contributed by atoms with Crippen LogP contribution in [0.5, 0.6) is 5.75 Å². The van der Waals surface area contributed by atoms with E-state index in [2.05, 4.69) is 23.1 Å². The average molecular weight is 512 g/mol. The zero-order chi connectivity index (χ0) is 24.9. The SMILES string of the molecule is CN(CC(=O)N(C)C(CN1CCCC1)c1cccc(-c2ccc(O)cc2)c1)c1ccc(Cl)c(Cl)c1. The standard InChI is InChI=1S/C28H31Cl2N3O2/c1-31(23-10-13-25(29)26(30)17-23)19-28(35)32(2)27(18-33-14-3-4-15-33)22-7-5-6-21(16-22)20-8-11-24(34)12-9-20/h5-13,16-17,27,34H,3-4,14-15,18-19H2,1-2H3. The number of nitrogens with zero attached hydrogens (tertiary/aromatic N) is 3. The number of amides is 1. The van der Waals surface area contributed by atoms with Crippen molar-refractivity contribution in [1.29, 1.82) is 0 Å². The Morgan fingerprint density at radius 1 is 0.943 bits per heavy atom. The van der Waals surface area contributed by atoms with Crippen LogP contribution in [-0.2, 0) is 4.79 Å². The first-order valence-corrected chi connectivity index (χ1v) is 12.6. The Hall–Kier alpha value is -2.73. The molecule has 3 aromatic rings. The summed E-state index contributed by atoms with van der Waals surface area (Å²) in [6.07, 6.45) is 2.38. The maximum atomic E-state index is 13.4. The minimum absolute atomic E-state index is 0.0257. The number of hydrogen-bond donors (Lipinski definition) is 1. The highest BCUT2D eigenvalue weighted by atomic mass is 35.5. The summed E-state index contributed by atoms with van der Waals surface area (Å²) < 4.78 is 0. The maximum absolute atomic E-state index is 13.4. The number of anilines is 1. The molecule has 1 atom stereocenters. The summed E-state index contributed by atoms with van der Waals surface area (Å²) in [4.78, 5) is 19.6. The van der Waals surface area contributed by atoms with Gasteiger partial charge in [-0.3, -0.25) is 4.79 Å². The van der Waals surface area contributed by atoms with Gasteiger partial charge in [0.25, 0.3) is 0 Å². The largest absolute Gasteiger partial charge is 0.508 e. The van der Waals surface area contributed by atoms with Gasteiger partial charge in [0.05, 0.1) is 22.6 Å². The van der Waals surface area contributed by atoms with Crippen LogP contribution in [0.2, 0.25) is 10.0 Å². The molecular formula is C28H31Cl2N3O2. The second-order valence-corrected chi connectivity index (χ2v) is 9.97. The Morgan fingerprint density at radius 2 is 1.66 bits per heavy atom. The van der Waals surface area contributed by atoms with Gasteiger partial charge in [-0.15, -0.1) is 0 Å². The van der Waals surface area contributed by atoms with Gasteiger partial charge < -0.3 is 19.8 Å². The normalized spacial score (nSPS) is 14.6. The van der Waals surface area contributed by atoms with Crippen molar-refractivity contribution in [2.75, 3.05) is 45.2 Å². The molecule has 1 unspecified atom stereocenters. The maximum Gasteiger partial charge on any atom is 0.242 e. The quantitative estimate of drug-likeness (QED) is 0.397. The molecule has 1 saturated heterocycles. The molecule has 3 aromatic carbocycles. The lowest BCUT2D eigenvalue weighted by Gasteiger charge is -2.33. The van der Waals surface area contributed by atoms with E-state index in [1.807, 2.05) is 48.2 Å².